The van der Waals surface area contributed by atoms with Gasteiger partial charge >= 0.3 is 0 Å². The molecule has 0 spiro atoms. The maximum absolute atomic E-state index is 13.1. The molecule has 0 N–H and O–H groups in total. The highest BCUT2D eigenvalue weighted by molar-refractivity contribution is 7.89. The van der Waals surface area contributed by atoms with Gasteiger partial charge in [0, 0.05) is 46.3 Å². The van der Waals surface area contributed by atoms with Crippen LogP contribution in [0.1, 0.15) is 13.3 Å². The van der Waals surface area contributed by atoms with Crippen LogP contribution in [0.15, 0.2) is 23.1 Å². The van der Waals surface area contributed by atoms with Gasteiger partial charge in [0.15, 0.2) is 11.5 Å². The van der Waals surface area contributed by atoms with Crippen LogP contribution in [-0.4, -0.2) is 113 Å². The Bertz CT molecular complexity index is 898. The van der Waals surface area contributed by atoms with Crippen molar-refractivity contribution in [1.29, 1.82) is 0 Å². The Morgan fingerprint density at radius 2 is 1.62 bits per heavy atom. The minimum absolute atomic E-state index is 0.0583. The Morgan fingerprint density at radius 3 is 2.16 bits per heavy atom. The fourth-order valence-electron chi connectivity index (χ4n) is 3.46. The van der Waals surface area contributed by atoms with E-state index in [4.69, 9.17) is 9.47 Å². The van der Waals surface area contributed by atoms with Gasteiger partial charge in [-0.2, -0.15) is 4.31 Å². The molecule has 32 heavy (non-hydrogen) atoms. The van der Waals surface area contributed by atoms with Gasteiger partial charge < -0.3 is 19.3 Å². The average Bonchev–Trinajstić information content (AvgIpc) is 2.78. The summed E-state index contributed by atoms with van der Waals surface area (Å²) >= 11 is 0. The van der Waals surface area contributed by atoms with Crippen LogP contribution in [0.3, 0.4) is 0 Å². The van der Waals surface area contributed by atoms with Gasteiger partial charge in [0.1, 0.15) is 0 Å². The second kappa shape index (κ2) is 11.5. The third-order valence-electron chi connectivity index (χ3n) is 5.34. The first-order valence-corrected chi connectivity index (χ1v) is 12.0. The van der Waals surface area contributed by atoms with Crippen molar-refractivity contribution in [3.8, 4) is 11.5 Å². The number of sulfonamides is 1. The van der Waals surface area contributed by atoms with E-state index in [1.54, 1.807) is 25.1 Å². The molecule has 0 bridgehead atoms. The molecule has 0 aromatic heterocycles. The van der Waals surface area contributed by atoms with Crippen LogP contribution in [0.25, 0.3) is 0 Å². The number of piperazine rings is 1. The van der Waals surface area contributed by atoms with Crippen molar-refractivity contribution in [2.45, 2.75) is 18.2 Å². The second-order valence-corrected chi connectivity index (χ2v) is 9.74. The molecule has 2 amide bonds. The van der Waals surface area contributed by atoms with E-state index in [0.717, 1.165) is 6.42 Å². The van der Waals surface area contributed by atoms with E-state index in [2.05, 4.69) is 0 Å². The fourth-order valence-corrected chi connectivity index (χ4v) is 4.90. The highest BCUT2D eigenvalue weighted by atomic mass is 32.2. The lowest BCUT2D eigenvalue weighted by Gasteiger charge is -2.35. The van der Waals surface area contributed by atoms with E-state index < -0.39 is 10.0 Å². The molecule has 2 rings (SSSR count). The number of amides is 2. The Morgan fingerprint density at radius 1 is 1.00 bits per heavy atom. The van der Waals surface area contributed by atoms with Gasteiger partial charge in [-0.05, 0) is 25.1 Å². The minimum atomic E-state index is -3.73. The zero-order valence-corrected chi connectivity index (χ0v) is 20.4. The molecule has 0 aliphatic carbocycles. The predicted molar refractivity (Wildman–Crippen MR) is 120 cm³/mol. The largest absolute Gasteiger partial charge is 0.493 e. The van der Waals surface area contributed by atoms with Gasteiger partial charge in [-0.15, -0.1) is 0 Å². The van der Waals surface area contributed by atoms with Crippen LogP contribution >= 0.6 is 0 Å². The van der Waals surface area contributed by atoms with Gasteiger partial charge in [-0.3, -0.25) is 14.5 Å². The minimum Gasteiger partial charge on any atom is -0.493 e. The average molecular weight is 471 g/mol. The number of hydrogen-bond donors (Lipinski definition) is 0. The van der Waals surface area contributed by atoms with E-state index >= 15 is 0 Å². The number of rotatable bonds is 10. The van der Waals surface area contributed by atoms with Gasteiger partial charge in [-0.1, -0.05) is 6.92 Å². The van der Waals surface area contributed by atoms with Crippen LogP contribution < -0.4 is 9.47 Å². The summed E-state index contributed by atoms with van der Waals surface area (Å²) < 4.78 is 37.9. The van der Waals surface area contributed by atoms with E-state index in [9.17, 15) is 18.0 Å². The third-order valence-corrected chi connectivity index (χ3v) is 7.24. The highest BCUT2D eigenvalue weighted by Crippen LogP contribution is 2.30. The molecule has 11 heteroatoms. The first-order chi connectivity index (χ1) is 15.1. The van der Waals surface area contributed by atoms with E-state index in [1.165, 1.54) is 35.6 Å². The Kier molecular flexibility index (Phi) is 9.29. The molecule has 1 aromatic rings. The molecule has 1 heterocycles. The first-order valence-electron chi connectivity index (χ1n) is 10.6. The lowest BCUT2D eigenvalue weighted by atomic mass is 10.3. The normalized spacial score (nSPS) is 15.0. The zero-order valence-electron chi connectivity index (χ0n) is 19.5. The maximum Gasteiger partial charge on any atom is 0.243 e. The van der Waals surface area contributed by atoms with Gasteiger partial charge in [0.05, 0.1) is 32.2 Å². The maximum atomic E-state index is 13.1. The Hall–Kier alpha value is -2.37. The summed E-state index contributed by atoms with van der Waals surface area (Å²) in [7, 11) is 2.58. The Labute approximate surface area is 190 Å². The number of likely N-dealkylation sites (N-methyl/N-ethyl adjacent to an activating group) is 1. The molecule has 10 nitrogen and oxygen atoms in total. The molecule has 1 aliphatic heterocycles. The van der Waals surface area contributed by atoms with Crippen LogP contribution in [0.5, 0.6) is 11.5 Å². The number of carbonyl (C=O) groups is 2. The molecular formula is C21H34N4O6S. The molecule has 0 atom stereocenters. The quantitative estimate of drug-likeness (QED) is 0.486. The second-order valence-electron chi connectivity index (χ2n) is 7.80. The molecule has 180 valence electrons. The summed E-state index contributed by atoms with van der Waals surface area (Å²) in [6, 6.07) is 4.48. The summed E-state index contributed by atoms with van der Waals surface area (Å²) in [6.45, 7) is 3.95. The molecule has 0 saturated carbocycles. The molecule has 1 fully saturated rings. The number of benzene rings is 1. The van der Waals surface area contributed by atoms with Crippen LogP contribution in [0.2, 0.25) is 0 Å². The van der Waals surface area contributed by atoms with Crippen molar-refractivity contribution in [2.24, 2.45) is 0 Å². The lowest BCUT2D eigenvalue weighted by Crippen LogP contribution is -2.53. The zero-order chi connectivity index (χ0) is 23.9. The smallest absolute Gasteiger partial charge is 0.243 e. The number of ether oxygens (including phenoxy) is 2. The number of hydrogen-bond acceptors (Lipinski definition) is 7. The van der Waals surface area contributed by atoms with Gasteiger partial charge in [0.2, 0.25) is 21.8 Å². The van der Waals surface area contributed by atoms with Crippen molar-refractivity contribution in [1.82, 2.24) is 19.0 Å². The SMILES string of the molecule is CCCN(CC(=O)N(C)C)CC(=O)N1CCN(S(=O)(=O)c2ccc(OC)c(OC)c2)CC1. The fraction of sp³-hybridized carbons (Fsp3) is 0.619. The number of nitrogens with zero attached hydrogens (tertiary/aromatic N) is 4. The first kappa shape index (κ1) is 25.9. The monoisotopic (exact) mass is 470 g/mol. The summed E-state index contributed by atoms with van der Waals surface area (Å²) in [4.78, 5) is 29.9. The number of methoxy groups -OCH3 is 2. The van der Waals surface area contributed by atoms with Crippen molar-refractivity contribution < 1.29 is 27.5 Å². The molecule has 0 radical (unpaired) electrons. The summed E-state index contributed by atoms with van der Waals surface area (Å²) in [5, 5.41) is 0. The summed E-state index contributed by atoms with van der Waals surface area (Å²) in [5.41, 5.74) is 0. The standard InChI is InChI=1S/C21H34N4O6S/c1-6-9-23(15-20(26)22(2)3)16-21(27)24-10-12-25(13-11-24)32(28,29)17-7-8-18(30-4)19(14-17)31-5/h7-8,14H,6,9-13,15-16H2,1-5H3. The van der Waals surface area contributed by atoms with Crippen LogP contribution in [0, 0.1) is 0 Å². The summed E-state index contributed by atoms with van der Waals surface area (Å²) in [6.07, 6.45) is 0.825. The van der Waals surface area contributed by atoms with Crippen molar-refractivity contribution in [2.75, 3.05) is 74.1 Å². The molecule has 1 aromatic carbocycles. The van der Waals surface area contributed by atoms with Crippen molar-refractivity contribution >= 4 is 21.8 Å². The van der Waals surface area contributed by atoms with E-state index in [-0.39, 0.29) is 42.9 Å². The molecule has 1 saturated heterocycles. The molecule has 1 aliphatic rings. The molecule has 0 unspecified atom stereocenters. The van der Waals surface area contributed by atoms with E-state index in [1.807, 2.05) is 11.8 Å². The predicted octanol–water partition coefficient (Wildman–Crippen LogP) is 0.337. The number of carbonyl (C=O) groups excluding carboxylic acids is 2. The lowest BCUT2D eigenvalue weighted by molar-refractivity contribution is -0.135. The van der Waals surface area contributed by atoms with Crippen LogP contribution in [-0.2, 0) is 19.6 Å². The topological polar surface area (TPSA) is 99.7 Å². The van der Waals surface area contributed by atoms with E-state index in [0.29, 0.717) is 31.1 Å². The Balaban J connectivity index is 2.00. The van der Waals surface area contributed by atoms with Gasteiger partial charge in [0.25, 0.3) is 0 Å². The summed E-state index contributed by atoms with van der Waals surface area (Å²) in [5.74, 6) is 0.627. The third kappa shape index (κ3) is 6.33. The van der Waals surface area contributed by atoms with Crippen LogP contribution in [0.4, 0.5) is 0 Å². The van der Waals surface area contributed by atoms with Crippen molar-refractivity contribution in [3.05, 3.63) is 18.2 Å². The van der Waals surface area contributed by atoms with Crippen molar-refractivity contribution in [3.63, 3.8) is 0 Å². The highest BCUT2D eigenvalue weighted by Gasteiger charge is 2.31. The molecular weight excluding hydrogens is 436 g/mol. The van der Waals surface area contributed by atoms with Gasteiger partial charge in [-0.25, -0.2) is 8.42 Å².